The lowest BCUT2D eigenvalue weighted by Gasteiger charge is -1.84. The average molecular weight is 139 g/mol. The van der Waals surface area contributed by atoms with E-state index >= 15 is 0 Å². The molecule has 0 spiro atoms. The monoisotopic (exact) mass is 139 g/mol. The second-order valence-corrected chi connectivity index (χ2v) is 2.26. The van der Waals surface area contributed by atoms with Crippen molar-refractivity contribution in [3.8, 4) is 11.8 Å². The van der Waals surface area contributed by atoms with Crippen LogP contribution in [0.2, 0.25) is 0 Å². The van der Waals surface area contributed by atoms with E-state index in [2.05, 4.69) is 18.8 Å². The van der Waals surface area contributed by atoms with E-state index < -0.39 is 0 Å². The fourth-order valence-electron chi connectivity index (χ4n) is 0.602. The zero-order valence-corrected chi connectivity index (χ0v) is 6.65. The highest BCUT2D eigenvalue weighted by molar-refractivity contribution is 4.98. The van der Waals surface area contributed by atoms with Crippen molar-refractivity contribution in [3.63, 3.8) is 0 Å². The Morgan fingerprint density at radius 3 is 2.20 bits per heavy atom. The Hall–Kier alpha value is -0.480. The topological polar surface area (TPSA) is 19.9 Å². The molecule has 1 radical (unpaired) electrons. The van der Waals surface area contributed by atoms with Gasteiger partial charge >= 0.3 is 0 Å². The SMILES string of the molecule is CCCCC#CCCC[O]. The summed E-state index contributed by atoms with van der Waals surface area (Å²) in [6.07, 6.45) is 4.88. The molecule has 0 aromatic rings. The molecule has 0 unspecified atom stereocenters. The Morgan fingerprint density at radius 2 is 1.70 bits per heavy atom. The van der Waals surface area contributed by atoms with Gasteiger partial charge in [-0.2, -0.15) is 0 Å². The van der Waals surface area contributed by atoms with Crippen LogP contribution < -0.4 is 0 Å². The smallest absolute Gasteiger partial charge is 0.0831 e. The van der Waals surface area contributed by atoms with Gasteiger partial charge in [-0.1, -0.05) is 13.3 Å². The van der Waals surface area contributed by atoms with Gasteiger partial charge in [0.2, 0.25) is 0 Å². The second kappa shape index (κ2) is 8.52. The highest BCUT2D eigenvalue weighted by atomic mass is 16.2. The Kier molecular flexibility index (Phi) is 8.11. The lowest BCUT2D eigenvalue weighted by atomic mass is 10.2. The van der Waals surface area contributed by atoms with Gasteiger partial charge in [0.25, 0.3) is 0 Å². The summed E-state index contributed by atoms with van der Waals surface area (Å²) in [5.41, 5.74) is 0. The molecule has 1 nitrogen and oxygen atoms in total. The average Bonchev–Trinajstić information content (AvgIpc) is 1.97. The predicted molar refractivity (Wildman–Crippen MR) is 42.1 cm³/mol. The molecule has 0 bridgehead atoms. The van der Waals surface area contributed by atoms with Gasteiger partial charge in [0.15, 0.2) is 0 Å². The fraction of sp³-hybridized carbons (Fsp3) is 0.778. The molecule has 10 heavy (non-hydrogen) atoms. The summed E-state index contributed by atoms with van der Waals surface area (Å²) in [7, 11) is 0. The molecule has 0 rings (SSSR count). The molecule has 0 aliphatic heterocycles. The van der Waals surface area contributed by atoms with Crippen molar-refractivity contribution in [1.82, 2.24) is 0 Å². The molecule has 0 fully saturated rings. The zero-order chi connectivity index (χ0) is 7.66. The largest absolute Gasteiger partial charge is 0.237 e. The van der Waals surface area contributed by atoms with Crippen molar-refractivity contribution < 1.29 is 5.11 Å². The zero-order valence-electron chi connectivity index (χ0n) is 6.65. The van der Waals surface area contributed by atoms with Crippen LogP contribution in [0.15, 0.2) is 0 Å². The normalized spacial score (nSPS) is 8.60. The highest BCUT2D eigenvalue weighted by Crippen LogP contribution is 1.91. The first-order valence-corrected chi connectivity index (χ1v) is 3.95. The van der Waals surface area contributed by atoms with Gasteiger partial charge in [-0.05, 0) is 12.8 Å². The predicted octanol–water partition coefficient (Wildman–Crippen LogP) is 2.39. The quantitative estimate of drug-likeness (QED) is 0.421. The summed E-state index contributed by atoms with van der Waals surface area (Å²) in [5.74, 6) is 6.00. The second-order valence-electron chi connectivity index (χ2n) is 2.26. The summed E-state index contributed by atoms with van der Waals surface area (Å²) in [6.45, 7) is 2.17. The third-order valence-corrected chi connectivity index (χ3v) is 1.23. The summed E-state index contributed by atoms with van der Waals surface area (Å²) in [5, 5.41) is 9.95. The summed E-state index contributed by atoms with van der Waals surface area (Å²) < 4.78 is 0. The van der Waals surface area contributed by atoms with Gasteiger partial charge in [0, 0.05) is 12.8 Å². The first-order chi connectivity index (χ1) is 4.91. The molecule has 0 N–H and O–H groups in total. The van der Waals surface area contributed by atoms with E-state index in [4.69, 9.17) is 0 Å². The van der Waals surface area contributed by atoms with Crippen molar-refractivity contribution >= 4 is 0 Å². The van der Waals surface area contributed by atoms with E-state index in [0.717, 1.165) is 12.8 Å². The minimum atomic E-state index is 0.0163. The van der Waals surface area contributed by atoms with E-state index in [0.29, 0.717) is 6.42 Å². The third kappa shape index (κ3) is 7.52. The van der Waals surface area contributed by atoms with Crippen LogP contribution >= 0.6 is 0 Å². The number of hydrogen-bond donors (Lipinski definition) is 0. The molecule has 57 valence electrons. The summed E-state index contributed by atoms with van der Waals surface area (Å²) in [4.78, 5) is 0. The summed E-state index contributed by atoms with van der Waals surface area (Å²) >= 11 is 0. The molecule has 0 atom stereocenters. The minimum Gasteiger partial charge on any atom is -0.237 e. The maximum atomic E-state index is 9.95. The van der Waals surface area contributed by atoms with Crippen LogP contribution in [0.5, 0.6) is 0 Å². The van der Waals surface area contributed by atoms with E-state index in [9.17, 15) is 5.11 Å². The first kappa shape index (κ1) is 9.52. The van der Waals surface area contributed by atoms with Crippen molar-refractivity contribution in [2.24, 2.45) is 0 Å². The molecule has 0 aromatic carbocycles. The van der Waals surface area contributed by atoms with Gasteiger partial charge in [-0.3, -0.25) is 0 Å². The number of unbranched alkanes of at least 4 members (excludes halogenated alkanes) is 3. The molecule has 0 aliphatic rings. The van der Waals surface area contributed by atoms with Crippen LogP contribution in [0.3, 0.4) is 0 Å². The molecule has 0 heterocycles. The van der Waals surface area contributed by atoms with Crippen LogP contribution in [0.1, 0.15) is 39.0 Å². The lowest BCUT2D eigenvalue weighted by Crippen LogP contribution is -1.76. The Bertz CT molecular complexity index is 95.6. The minimum absolute atomic E-state index is 0.0163. The molecule has 0 saturated heterocycles. The molecular formula is C9H15O. The number of rotatable bonds is 4. The van der Waals surface area contributed by atoms with Gasteiger partial charge < -0.3 is 0 Å². The molecule has 0 aromatic heterocycles. The lowest BCUT2D eigenvalue weighted by molar-refractivity contribution is 0.190. The van der Waals surface area contributed by atoms with Crippen LogP contribution in [0, 0.1) is 11.8 Å². The third-order valence-electron chi connectivity index (χ3n) is 1.23. The highest BCUT2D eigenvalue weighted by Gasteiger charge is 1.79. The molecule has 0 aliphatic carbocycles. The molecular weight excluding hydrogens is 124 g/mol. The van der Waals surface area contributed by atoms with Crippen molar-refractivity contribution in [1.29, 1.82) is 0 Å². The first-order valence-electron chi connectivity index (χ1n) is 3.95. The van der Waals surface area contributed by atoms with E-state index in [-0.39, 0.29) is 6.61 Å². The van der Waals surface area contributed by atoms with Gasteiger partial charge in [0.1, 0.15) is 0 Å². The Balaban J connectivity index is 2.98. The standard InChI is InChI=1S/C9H15O/c1-2-3-4-5-6-7-8-9-10/h2-4,7-9H2,1H3. The van der Waals surface area contributed by atoms with Crippen LogP contribution in [0.4, 0.5) is 0 Å². The van der Waals surface area contributed by atoms with Gasteiger partial charge in [-0.15, -0.1) is 11.8 Å². The van der Waals surface area contributed by atoms with Crippen LogP contribution in [-0.2, 0) is 5.11 Å². The fourth-order valence-corrected chi connectivity index (χ4v) is 0.602. The maximum absolute atomic E-state index is 9.95. The van der Waals surface area contributed by atoms with Crippen molar-refractivity contribution in [2.45, 2.75) is 39.0 Å². The van der Waals surface area contributed by atoms with Gasteiger partial charge in [-0.25, -0.2) is 5.11 Å². The van der Waals surface area contributed by atoms with Crippen molar-refractivity contribution in [2.75, 3.05) is 6.61 Å². The van der Waals surface area contributed by atoms with E-state index in [1.807, 2.05) is 0 Å². The molecule has 1 heteroatoms. The van der Waals surface area contributed by atoms with Crippen molar-refractivity contribution in [3.05, 3.63) is 0 Å². The maximum Gasteiger partial charge on any atom is 0.0831 e. The summed E-state index contributed by atoms with van der Waals surface area (Å²) in [6, 6.07) is 0. The Morgan fingerprint density at radius 1 is 1.10 bits per heavy atom. The molecule has 0 saturated carbocycles. The van der Waals surface area contributed by atoms with Crippen LogP contribution in [-0.4, -0.2) is 6.61 Å². The molecule has 0 amide bonds. The van der Waals surface area contributed by atoms with Gasteiger partial charge in [0.05, 0.1) is 6.61 Å². The van der Waals surface area contributed by atoms with Crippen LogP contribution in [0.25, 0.3) is 0 Å². The number of hydrogen-bond acceptors (Lipinski definition) is 0. The Labute approximate surface area is 63.5 Å². The van der Waals surface area contributed by atoms with E-state index in [1.165, 1.54) is 12.8 Å². The van der Waals surface area contributed by atoms with E-state index in [1.54, 1.807) is 0 Å².